The predicted octanol–water partition coefficient (Wildman–Crippen LogP) is 3.09. The first-order valence-corrected chi connectivity index (χ1v) is 7.24. The first-order chi connectivity index (χ1) is 10.1. The molecule has 1 aromatic rings. The summed E-state index contributed by atoms with van der Waals surface area (Å²) in [6.07, 6.45) is 6.41. The maximum atomic E-state index is 5.99. The SMILES string of the molecule is C#CCNC(=NC)NCc1ccc(C)cc1OC(C)CC.I. The van der Waals surface area contributed by atoms with Crippen molar-refractivity contribution in [1.29, 1.82) is 0 Å². The Labute approximate surface area is 151 Å². The number of nitrogens with one attached hydrogen (secondary N) is 2. The van der Waals surface area contributed by atoms with Crippen LogP contribution in [0, 0.1) is 19.3 Å². The lowest BCUT2D eigenvalue weighted by molar-refractivity contribution is 0.215. The Balaban J connectivity index is 0.00000441. The highest BCUT2D eigenvalue weighted by molar-refractivity contribution is 14.0. The molecule has 122 valence electrons. The van der Waals surface area contributed by atoms with Gasteiger partial charge in [0.05, 0.1) is 12.6 Å². The van der Waals surface area contributed by atoms with Gasteiger partial charge in [0.25, 0.3) is 0 Å². The molecule has 22 heavy (non-hydrogen) atoms. The molecular weight excluding hydrogens is 389 g/mol. The molecule has 1 rings (SSSR count). The van der Waals surface area contributed by atoms with Gasteiger partial charge in [0.2, 0.25) is 0 Å². The first kappa shape index (κ1) is 20.6. The van der Waals surface area contributed by atoms with E-state index >= 15 is 0 Å². The molecule has 0 aliphatic rings. The van der Waals surface area contributed by atoms with Crippen LogP contribution >= 0.6 is 24.0 Å². The van der Waals surface area contributed by atoms with E-state index in [2.05, 4.69) is 60.5 Å². The van der Waals surface area contributed by atoms with Crippen LogP contribution in [0.2, 0.25) is 0 Å². The molecule has 0 spiro atoms. The van der Waals surface area contributed by atoms with Crippen molar-refractivity contribution in [2.75, 3.05) is 13.6 Å². The Bertz CT molecular complexity index is 523. The monoisotopic (exact) mass is 415 g/mol. The van der Waals surface area contributed by atoms with Gasteiger partial charge in [-0.25, -0.2) is 0 Å². The minimum Gasteiger partial charge on any atom is -0.490 e. The van der Waals surface area contributed by atoms with Crippen molar-refractivity contribution in [2.24, 2.45) is 4.99 Å². The fourth-order valence-electron chi connectivity index (χ4n) is 1.75. The zero-order chi connectivity index (χ0) is 15.7. The van der Waals surface area contributed by atoms with Crippen molar-refractivity contribution in [3.05, 3.63) is 29.3 Å². The molecule has 0 heterocycles. The van der Waals surface area contributed by atoms with Gasteiger partial charge >= 0.3 is 0 Å². The third-order valence-electron chi connectivity index (χ3n) is 3.15. The zero-order valence-electron chi connectivity index (χ0n) is 13.8. The maximum Gasteiger partial charge on any atom is 0.192 e. The summed E-state index contributed by atoms with van der Waals surface area (Å²) in [5.41, 5.74) is 2.29. The number of halogens is 1. The summed E-state index contributed by atoms with van der Waals surface area (Å²) in [6.45, 7) is 7.34. The molecule has 0 bridgehead atoms. The number of ether oxygens (including phenoxy) is 1. The molecule has 0 fully saturated rings. The molecule has 0 aliphatic heterocycles. The van der Waals surface area contributed by atoms with Gasteiger partial charge in [-0.1, -0.05) is 25.0 Å². The second-order valence-corrected chi connectivity index (χ2v) is 4.93. The summed E-state index contributed by atoms with van der Waals surface area (Å²) >= 11 is 0. The number of guanidine groups is 1. The Hall–Kier alpha value is -1.42. The van der Waals surface area contributed by atoms with Crippen LogP contribution in [0.1, 0.15) is 31.4 Å². The lowest BCUT2D eigenvalue weighted by atomic mass is 10.1. The van der Waals surface area contributed by atoms with Crippen molar-refractivity contribution >= 4 is 29.9 Å². The van der Waals surface area contributed by atoms with Gasteiger partial charge in [0.15, 0.2) is 5.96 Å². The highest BCUT2D eigenvalue weighted by Gasteiger charge is 2.08. The molecule has 1 unspecified atom stereocenters. The van der Waals surface area contributed by atoms with E-state index in [9.17, 15) is 0 Å². The molecule has 0 aromatic heterocycles. The average Bonchev–Trinajstić information content (AvgIpc) is 2.49. The van der Waals surface area contributed by atoms with Gasteiger partial charge in [0.1, 0.15) is 5.75 Å². The molecule has 0 radical (unpaired) electrons. The van der Waals surface area contributed by atoms with E-state index < -0.39 is 0 Å². The molecule has 4 nitrogen and oxygen atoms in total. The van der Waals surface area contributed by atoms with E-state index in [0.717, 1.165) is 17.7 Å². The van der Waals surface area contributed by atoms with Crippen LogP contribution in [0.4, 0.5) is 0 Å². The van der Waals surface area contributed by atoms with Crippen LogP contribution in [0.15, 0.2) is 23.2 Å². The lowest BCUT2D eigenvalue weighted by Gasteiger charge is -2.18. The second kappa shape index (κ2) is 11.2. The van der Waals surface area contributed by atoms with Crippen molar-refractivity contribution in [2.45, 2.75) is 39.8 Å². The Morgan fingerprint density at radius 3 is 2.73 bits per heavy atom. The number of terminal acetylenes is 1. The summed E-state index contributed by atoms with van der Waals surface area (Å²) in [4.78, 5) is 4.12. The first-order valence-electron chi connectivity index (χ1n) is 7.24. The van der Waals surface area contributed by atoms with Crippen molar-refractivity contribution < 1.29 is 4.74 Å². The number of aryl methyl sites for hydroxylation is 1. The van der Waals surface area contributed by atoms with Gasteiger partial charge in [-0.2, -0.15) is 0 Å². The van der Waals surface area contributed by atoms with Crippen LogP contribution in [0.5, 0.6) is 5.75 Å². The third-order valence-corrected chi connectivity index (χ3v) is 3.15. The molecule has 1 aromatic carbocycles. The highest BCUT2D eigenvalue weighted by atomic mass is 127. The third kappa shape index (κ3) is 7.03. The molecule has 0 saturated carbocycles. The van der Waals surface area contributed by atoms with Gasteiger partial charge in [-0.05, 0) is 31.9 Å². The topological polar surface area (TPSA) is 45.7 Å². The minimum atomic E-state index is 0. The number of nitrogens with zero attached hydrogens (tertiary/aromatic N) is 1. The number of aliphatic imine (C=N–C) groups is 1. The van der Waals surface area contributed by atoms with Gasteiger partial charge in [-0.3, -0.25) is 4.99 Å². The molecule has 0 amide bonds. The van der Waals surface area contributed by atoms with Gasteiger partial charge < -0.3 is 15.4 Å². The average molecular weight is 415 g/mol. The van der Waals surface area contributed by atoms with E-state index in [4.69, 9.17) is 11.2 Å². The van der Waals surface area contributed by atoms with Crippen molar-refractivity contribution in [3.63, 3.8) is 0 Å². The smallest absolute Gasteiger partial charge is 0.192 e. The molecule has 0 saturated heterocycles. The molecule has 5 heteroatoms. The Kier molecular flexibility index (Phi) is 10.5. The highest BCUT2D eigenvalue weighted by Crippen LogP contribution is 2.22. The molecule has 2 N–H and O–H groups in total. The summed E-state index contributed by atoms with van der Waals surface area (Å²) in [6, 6.07) is 6.23. The van der Waals surface area contributed by atoms with E-state index in [1.165, 1.54) is 5.56 Å². The van der Waals surface area contributed by atoms with Crippen LogP contribution in [0.3, 0.4) is 0 Å². The van der Waals surface area contributed by atoms with Crippen molar-refractivity contribution in [3.8, 4) is 18.1 Å². The fraction of sp³-hybridized carbons (Fsp3) is 0.471. The van der Waals surface area contributed by atoms with Crippen LogP contribution in [-0.4, -0.2) is 25.7 Å². The molecular formula is C17H26IN3O. The quantitative estimate of drug-likeness (QED) is 0.325. The Morgan fingerprint density at radius 1 is 1.41 bits per heavy atom. The zero-order valence-corrected chi connectivity index (χ0v) is 16.1. The van der Waals surface area contributed by atoms with Crippen LogP contribution < -0.4 is 15.4 Å². The van der Waals surface area contributed by atoms with Crippen LogP contribution in [0.25, 0.3) is 0 Å². The fourth-order valence-corrected chi connectivity index (χ4v) is 1.75. The largest absolute Gasteiger partial charge is 0.490 e. The number of hydrogen-bond acceptors (Lipinski definition) is 2. The summed E-state index contributed by atoms with van der Waals surface area (Å²) in [5, 5.41) is 6.27. The van der Waals surface area contributed by atoms with E-state index in [0.29, 0.717) is 19.0 Å². The summed E-state index contributed by atoms with van der Waals surface area (Å²) in [7, 11) is 1.72. The number of hydrogen-bond donors (Lipinski definition) is 2. The van der Waals surface area contributed by atoms with E-state index in [1.54, 1.807) is 7.05 Å². The standard InChI is InChI=1S/C17H25N3O.HI/c1-6-10-19-17(18-5)20-12-15-9-8-13(3)11-16(15)21-14(4)7-2;/h1,8-9,11,14H,7,10,12H2,2-5H3,(H2,18,19,20);1H. The van der Waals surface area contributed by atoms with Gasteiger partial charge in [-0.15, -0.1) is 30.4 Å². The lowest BCUT2D eigenvalue weighted by Crippen LogP contribution is -2.37. The number of rotatable bonds is 6. The van der Waals surface area contributed by atoms with Gasteiger partial charge in [0, 0.05) is 19.2 Å². The summed E-state index contributed by atoms with van der Waals surface area (Å²) in [5.74, 6) is 4.13. The van der Waals surface area contributed by atoms with E-state index in [-0.39, 0.29) is 30.1 Å². The number of benzene rings is 1. The second-order valence-electron chi connectivity index (χ2n) is 4.93. The molecule has 1 atom stereocenters. The predicted molar refractivity (Wildman–Crippen MR) is 104 cm³/mol. The normalized spacial score (nSPS) is 11.9. The Morgan fingerprint density at radius 2 is 2.14 bits per heavy atom. The summed E-state index contributed by atoms with van der Waals surface area (Å²) < 4.78 is 5.99. The maximum absolute atomic E-state index is 5.99. The minimum absolute atomic E-state index is 0. The molecule has 0 aliphatic carbocycles. The van der Waals surface area contributed by atoms with Crippen molar-refractivity contribution in [1.82, 2.24) is 10.6 Å². The van der Waals surface area contributed by atoms with Crippen LogP contribution in [-0.2, 0) is 6.54 Å². The van der Waals surface area contributed by atoms with E-state index in [1.807, 2.05) is 0 Å².